The van der Waals surface area contributed by atoms with Gasteiger partial charge in [0.15, 0.2) is 13.2 Å². The second kappa shape index (κ2) is 11.0. The molecule has 3 aromatic rings. The molecule has 0 aliphatic carbocycles. The molecule has 33 heavy (non-hydrogen) atoms. The molecule has 0 aliphatic rings. The number of esters is 2. The third kappa shape index (κ3) is 6.34. The van der Waals surface area contributed by atoms with Gasteiger partial charge in [-0.1, -0.05) is 52.0 Å². The Labute approximate surface area is 192 Å². The van der Waals surface area contributed by atoms with Crippen LogP contribution in [0.25, 0.3) is 21.5 Å². The summed E-state index contributed by atoms with van der Waals surface area (Å²) in [7, 11) is 0. The number of benzene rings is 3. The fourth-order valence-electron chi connectivity index (χ4n) is 3.25. The molecule has 0 radical (unpaired) electrons. The Balaban J connectivity index is 1.97. The van der Waals surface area contributed by atoms with Crippen molar-refractivity contribution in [2.24, 2.45) is 11.8 Å². The van der Waals surface area contributed by atoms with E-state index in [9.17, 15) is 14.0 Å². The van der Waals surface area contributed by atoms with Crippen molar-refractivity contribution in [2.45, 2.75) is 27.7 Å². The highest BCUT2D eigenvalue weighted by molar-refractivity contribution is 6.11. The van der Waals surface area contributed by atoms with Gasteiger partial charge in [0.05, 0.1) is 13.2 Å². The van der Waals surface area contributed by atoms with Crippen LogP contribution in [0.2, 0.25) is 0 Å². The van der Waals surface area contributed by atoms with Gasteiger partial charge in [0.1, 0.15) is 17.3 Å². The molecular formula is C26H29FO6. The van der Waals surface area contributed by atoms with Gasteiger partial charge < -0.3 is 18.9 Å². The Bertz CT molecular complexity index is 1140. The third-order valence-electron chi connectivity index (χ3n) is 4.71. The average Bonchev–Trinajstić information content (AvgIpc) is 2.78. The molecule has 0 aliphatic heterocycles. The fraction of sp³-hybridized carbons (Fsp3) is 0.385. The summed E-state index contributed by atoms with van der Waals surface area (Å²) in [5, 5.41) is 2.27. The maximum Gasteiger partial charge on any atom is 0.344 e. The molecule has 0 unspecified atom stereocenters. The topological polar surface area (TPSA) is 71.1 Å². The van der Waals surface area contributed by atoms with E-state index in [-0.39, 0.29) is 31.7 Å². The van der Waals surface area contributed by atoms with Crippen molar-refractivity contribution in [3.63, 3.8) is 0 Å². The highest BCUT2D eigenvalue weighted by atomic mass is 19.1. The minimum Gasteiger partial charge on any atom is -0.481 e. The van der Waals surface area contributed by atoms with E-state index in [1.165, 1.54) is 12.1 Å². The molecule has 6 nitrogen and oxygen atoms in total. The lowest BCUT2D eigenvalue weighted by Crippen LogP contribution is -2.18. The van der Waals surface area contributed by atoms with Crippen LogP contribution in [0.1, 0.15) is 27.7 Å². The molecule has 0 saturated carbocycles. The summed E-state index contributed by atoms with van der Waals surface area (Å²) in [5.74, 6) is -0.294. The molecule has 0 fully saturated rings. The number of hydrogen-bond donors (Lipinski definition) is 0. The number of rotatable bonds is 10. The molecule has 0 atom stereocenters. The predicted molar refractivity (Wildman–Crippen MR) is 124 cm³/mol. The summed E-state index contributed by atoms with van der Waals surface area (Å²) in [6, 6.07) is 11.4. The van der Waals surface area contributed by atoms with Gasteiger partial charge in [-0.2, -0.15) is 0 Å². The van der Waals surface area contributed by atoms with Gasteiger partial charge in [-0.25, -0.2) is 14.0 Å². The smallest absolute Gasteiger partial charge is 0.344 e. The van der Waals surface area contributed by atoms with Crippen molar-refractivity contribution in [1.82, 2.24) is 0 Å². The van der Waals surface area contributed by atoms with E-state index < -0.39 is 17.8 Å². The van der Waals surface area contributed by atoms with Crippen molar-refractivity contribution in [2.75, 3.05) is 26.4 Å². The first-order chi connectivity index (χ1) is 15.8. The Morgan fingerprint density at radius 3 is 1.67 bits per heavy atom. The number of fused-ring (bicyclic) bond motifs is 2. The molecule has 0 amide bonds. The van der Waals surface area contributed by atoms with E-state index in [4.69, 9.17) is 18.9 Å². The van der Waals surface area contributed by atoms with Crippen LogP contribution >= 0.6 is 0 Å². The highest BCUT2D eigenvalue weighted by Gasteiger charge is 2.19. The van der Waals surface area contributed by atoms with Crippen LogP contribution in [0.3, 0.4) is 0 Å². The van der Waals surface area contributed by atoms with Crippen molar-refractivity contribution in [3.8, 4) is 11.5 Å². The zero-order valence-corrected chi connectivity index (χ0v) is 19.4. The maximum atomic E-state index is 14.2. The van der Waals surface area contributed by atoms with E-state index in [1.54, 1.807) is 18.2 Å². The molecule has 3 rings (SSSR count). The summed E-state index contributed by atoms with van der Waals surface area (Å²) in [6.07, 6.45) is 0. The monoisotopic (exact) mass is 456 g/mol. The fourth-order valence-corrected chi connectivity index (χ4v) is 3.25. The zero-order valence-electron chi connectivity index (χ0n) is 19.4. The SMILES string of the molecule is CC(C)COC(=O)COc1c2ccccc2c(OCC(=O)OCC(C)C)c2cc(F)ccc12. The number of halogens is 1. The summed E-state index contributed by atoms with van der Waals surface area (Å²) in [6.45, 7) is 7.76. The third-order valence-corrected chi connectivity index (χ3v) is 4.71. The van der Waals surface area contributed by atoms with E-state index >= 15 is 0 Å². The Kier molecular flexibility index (Phi) is 8.09. The second-order valence-corrected chi connectivity index (χ2v) is 8.62. The average molecular weight is 457 g/mol. The van der Waals surface area contributed by atoms with Gasteiger partial charge in [-0.3, -0.25) is 0 Å². The number of carbonyl (C=O) groups excluding carboxylic acids is 2. The lowest BCUT2D eigenvalue weighted by Gasteiger charge is -2.18. The van der Waals surface area contributed by atoms with Gasteiger partial charge in [0.2, 0.25) is 0 Å². The Morgan fingerprint density at radius 2 is 1.18 bits per heavy atom. The van der Waals surface area contributed by atoms with Crippen LogP contribution in [0, 0.1) is 17.7 Å². The molecule has 0 aromatic heterocycles. The molecule has 7 heteroatoms. The summed E-state index contributed by atoms with van der Waals surface area (Å²) >= 11 is 0. The van der Waals surface area contributed by atoms with Gasteiger partial charge in [0.25, 0.3) is 0 Å². The van der Waals surface area contributed by atoms with E-state index in [0.717, 1.165) is 0 Å². The van der Waals surface area contributed by atoms with Crippen LogP contribution in [0.4, 0.5) is 4.39 Å². The van der Waals surface area contributed by atoms with Crippen molar-refractivity contribution in [1.29, 1.82) is 0 Å². The minimum absolute atomic E-state index is 0.202. The molecular weight excluding hydrogens is 427 g/mol. The number of carbonyl (C=O) groups is 2. The first-order valence-electron chi connectivity index (χ1n) is 11.0. The summed E-state index contributed by atoms with van der Waals surface area (Å²) in [5.41, 5.74) is 0. The molecule has 0 saturated heterocycles. The van der Waals surface area contributed by atoms with Crippen LogP contribution in [0.5, 0.6) is 11.5 Å². The second-order valence-electron chi connectivity index (χ2n) is 8.62. The lowest BCUT2D eigenvalue weighted by molar-refractivity contribution is -0.147. The van der Waals surface area contributed by atoms with Gasteiger partial charge >= 0.3 is 11.9 Å². The number of ether oxygens (including phenoxy) is 4. The van der Waals surface area contributed by atoms with Crippen LogP contribution < -0.4 is 9.47 Å². The summed E-state index contributed by atoms with van der Waals surface area (Å²) in [4.78, 5) is 24.2. The molecule has 0 spiro atoms. The predicted octanol–water partition coefficient (Wildman–Crippen LogP) is 5.29. The summed E-state index contributed by atoms with van der Waals surface area (Å²) < 4.78 is 36.3. The minimum atomic E-state index is -0.509. The van der Waals surface area contributed by atoms with Crippen LogP contribution in [-0.4, -0.2) is 38.4 Å². The largest absolute Gasteiger partial charge is 0.481 e. The van der Waals surface area contributed by atoms with E-state index in [1.807, 2.05) is 39.8 Å². The van der Waals surface area contributed by atoms with E-state index in [2.05, 4.69) is 0 Å². The van der Waals surface area contributed by atoms with Gasteiger partial charge in [0, 0.05) is 21.5 Å². The Morgan fingerprint density at radius 1 is 0.727 bits per heavy atom. The van der Waals surface area contributed by atoms with Crippen LogP contribution in [-0.2, 0) is 19.1 Å². The molecule has 0 heterocycles. The van der Waals surface area contributed by atoms with Crippen molar-refractivity contribution in [3.05, 3.63) is 48.3 Å². The van der Waals surface area contributed by atoms with Crippen LogP contribution in [0.15, 0.2) is 42.5 Å². The van der Waals surface area contributed by atoms with E-state index in [0.29, 0.717) is 39.7 Å². The van der Waals surface area contributed by atoms with Gasteiger partial charge in [-0.05, 0) is 30.0 Å². The lowest BCUT2D eigenvalue weighted by atomic mass is 10.0. The standard InChI is InChI=1S/C26H29FO6/c1-16(2)12-30-23(28)14-32-25-19-7-5-6-8-20(19)26(22-11-18(27)9-10-21(22)25)33-15-24(29)31-13-17(3)4/h5-11,16-17H,12-15H2,1-4H3. The first-order valence-corrected chi connectivity index (χ1v) is 11.0. The quantitative estimate of drug-likeness (QED) is 0.305. The number of hydrogen-bond acceptors (Lipinski definition) is 6. The molecule has 3 aromatic carbocycles. The van der Waals surface area contributed by atoms with Crippen molar-refractivity contribution >= 4 is 33.5 Å². The molecule has 0 bridgehead atoms. The van der Waals surface area contributed by atoms with Crippen molar-refractivity contribution < 1.29 is 32.9 Å². The maximum absolute atomic E-state index is 14.2. The normalized spacial score (nSPS) is 11.2. The van der Waals surface area contributed by atoms with Gasteiger partial charge in [-0.15, -0.1) is 0 Å². The highest BCUT2D eigenvalue weighted by Crippen LogP contribution is 2.43. The zero-order chi connectivity index (χ0) is 24.0. The Hall–Kier alpha value is -3.35. The molecule has 176 valence electrons. The molecule has 0 N–H and O–H groups in total. The first kappa shape index (κ1) is 24.3.